The Kier molecular flexibility index (Phi) is 30.0. The van der Waals surface area contributed by atoms with Gasteiger partial charge in [-0.3, -0.25) is 56.0 Å². The molecule has 4 fully saturated rings. The predicted octanol–water partition coefficient (Wildman–Crippen LogP) is 17.5. The Morgan fingerprint density at radius 2 is 0.870 bits per heavy atom. The highest BCUT2D eigenvalue weighted by molar-refractivity contribution is 7.92. The van der Waals surface area contributed by atoms with Crippen molar-refractivity contribution in [3.8, 4) is 56.2 Å². The number of carbonyl (C=O) groups excluding carboxylic acids is 2. The molecular formula is C95H100Cl6FN17O9S3. The van der Waals surface area contributed by atoms with E-state index < -0.39 is 29.9 Å². The zero-order valence-electron chi connectivity index (χ0n) is 73.6. The summed E-state index contributed by atoms with van der Waals surface area (Å²) in [6, 6.07) is 52.9. The zero-order chi connectivity index (χ0) is 92.9. The first-order chi connectivity index (χ1) is 62.6. The van der Waals surface area contributed by atoms with Crippen LogP contribution in [-0.4, -0.2) is 238 Å². The lowest BCUT2D eigenvalue weighted by Crippen LogP contribution is -2.48. The molecule has 4 aliphatic rings. The molecule has 18 rings (SSSR count). The fourth-order valence-electron chi connectivity index (χ4n) is 16.5. The molecule has 36 heteroatoms. The van der Waals surface area contributed by atoms with Gasteiger partial charge in [-0.2, -0.15) is 0 Å². The molecular weight excluding hydrogens is 1850 g/mol. The second-order valence-electron chi connectivity index (χ2n) is 33.4. The first kappa shape index (κ1) is 95.5. The Bertz CT molecular complexity index is 6860. The van der Waals surface area contributed by atoms with E-state index in [9.17, 15) is 39.2 Å². The van der Waals surface area contributed by atoms with Crippen LogP contribution in [0.1, 0.15) is 79.4 Å². The summed E-state index contributed by atoms with van der Waals surface area (Å²) >= 11 is 37.5. The van der Waals surface area contributed by atoms with Gasteiger partial charge in [-0.25, -0.2) is 49.6 Å². The molecule has 0 spiro atoms. The van der Waals surface area contributed by atoms with Gasteiger partial charge < -0.3 is 18.9 Å². The Balaban J connectivity index is 0.000000135. The first-order valence-corrected chi connectivity index (χ1v) is 50.6. The molecule has 0 atom stereocenters. The normalized spacial score (nSPS) is 15.5. The van der Waals surface area contributed by atoms with Crippen LogP contribution in [0.3, 0.4) is 0 Å². The largest absolute Gasteiger partial charge is 0.379 e. The Morgan fingerprint density at radius 1 is 0.450 bits per heavy atom. The van der Waals surface area contributed by atoms with Crippen LogP contribution in [0, 0.1) is 5.82 Å². The summed E-state index contributed by atoms with van der Waals surface area (Å²) in [7, 11) is -8.34. The van der Waals surface area contributed by atoms with Gasteiger partial charge in [-0.1, -0.05) is 138 Å². The molecule has 0 bridgehead atoms. The van der Waals surface area contributed by atoms with Crippen molar-refractivity contribution in [2.75, 3.05) is 131 Å². The summed E-state index contributed by atoms with van der Waals surface area (Å²) < 4.78 is 103. The van der Waals surface area contributed by atoms with Crippen LogP contribution >= 0.6 is 69.6 Å². The van der Waals surface area contributed by atoms with Crippen molar-refractivity contribution in [3.63, 3.8) is 0 Å². The molecule has 26 nitrogen and oxygen atoms in total. The van der Waals surface area contributed by atoms with Gasteiger partial charge in [0.2, 0.25) is 26.0 Å². The molecule has 131 heavy (non-hydrogen) atoms. The molecule has 14 aromatic rings. The lowest BCUT2D eigenvalue weighted by Gasteiger charge is -2.34. The highest BCUT2D eigenvalue weighted by Crippen LogP contribution is 2.39. The SMILES string of the molecule is CC(=O)N1CCN(Cc2c(-c3ccc(Cl)cc3)nc3ccc(N(C(C)C)S(C)(=O)=O)cn23)CC1.CC(C)c1cn2c(CN3CCOCC3)c(-c3ccc(Cl)cc3Cl)nc2cn1.CN(c1ccc2nc(-c3ccc(Cl)cc3Cl)c(CN3CCN(C(=O)c4ccc(F)cc4)CC3)n2c1)S(C)(=O)=O.O=S1(=O)CCN(Cc2c(-c3ccc(Cl)cc3)nc3ccc(-c4ccccc4)cn23)CC1. The van der Waals surface area contributed by atoms with Gasteiger partial charge >= 0.3 is 0 Å². The number of carbonyl (C=O) groups is 2. The van der Waals surface area contributed by atoms with E-state index in [1.165, 1.54) is 46.2 Å². The number of pyridine rings is 3. The van der Waals surface area contributed by atoms with Crippen molar-refractivity contribution < 1.29 is 44.0 Å². The average molecular weight is 1950 g/mol. The number of sulfone groups is 1. The van der Waals surface area contributed by atoms with E-state index in [0.29, 0.717) is 142 Å². The van der Waals surface area contributed by atoms with Gasteiger partial charge in [-0.05, 0) is 152 Å². The van der Waals surface area contributed by atoms with Crippen molar-refractivity contribution in [3.05, 3.63) is 277 Å². The summed E-state index contributed by atoms with van der Waals surface area (Å²) in [5.74, 6) is 0.328. The number of ether oxygens (including phenoxy) is 1. The Labute approximate surface area is 792 Å². The molecule has 4 saturated heterocycles. The number of rotatable bonds is 20. The van der Waals surface area contributed by atoms with Gasteiger partial charge in [0.15, 0.2) is 15.5 Å². The van der Waals surface area contributed by atoms with Gasteiger partial charge in [-0.15, -0.1) is 0 Å². The minimum atomic E-state index is -3.47. The molecule has 0 saturated carbocycles. The van der Waals surface area contributed by atoms with Crippen molar-refractivity contribution in [1.82, 2.24) is 71.9 Å². The third-order valence-electron chi connectivity index (χ3n) is 23.6. The zero-order valence-corrected chi connectivity index (χ0v) is 80.6. The summed E-state index contributed by atoms with van der Waals surface area (Å²) in [6.07, 6.45) is 12.0. The van der Waals surface area contributed by atoms with Crippen LogP contribution in [-0.2, 0) is 65.6 Å². The molecule has 686 valence electrons. The van der Waals surface area contributed by atoms with E-state index in [1.54, 1.807) is 54.4 Å². The number of halogens is 7. The maximum atomic E-state index is 13.3. The lowest BCUT2D eigenvalue weighted by atomic mass is 10.1. The van der Waals surface area contributed by atoms with E-state index in [-0.39, 0.29) is 35.2 Å². The minimum Gasteiger partial charge on any atom is -0.379 e. The number of aromatic nitrogens is 9. The molecule has 2 amide bonds. The topological polar surface area (TPSA) is 254 Å². The number of hydrogen-bond donors (Lipinski definition) is 0. The van der Waals surface area contributed by atoms with E-state index in [1.807, 2.05) is 137 Å². The number of hydrogen-bond acceptors (Lipinski definition) is 18. The number of imidazole rings is 4. The highest BCUT2D eigenvalue weighted by atomic mass is 35.5. The predicted molar refractivity (Wildman–Crippen MR) is 521 cm³/mol. The standard InChI is InChI=1S/C27H26Cl2FN5O3S.C24H30ClN5O3S.C24H22ClN3O2S.C20H22Cl2N4O/c1-32(39(2,37)38)21-8-10-25-31-26(22-9-5-19(28)15-23(22)29)24(35(25)16-21)17-33-11-13-34(14-12-33)27(36)18-3-6-20(30)7-4-18;1-17(2)30(34(4,32)33)21-9-10-23-26-24(19-5-7-20(25)8-6-19)22(29(23)15-21)16-27-11-13-28(14-12-27)18(3)31;25-21-9-6-19(7-10-21)24-22(17-27-12-14-31(29,30)15-13-27)28-16-20(8-11-23(28)26-24)18-4-2-1-3-5-18;1-13(2)17-11-26-18(12-25-5-7-27-8-6-25)20(24-19(26)10-23-17)15-4-3-14(21)9-16(15)22/h3-10,15-16H,11-14,17H2,1-2H3;5-10,15,17H,11-14,16H2,1-4H3;1-11,16H,12-15,17H2;3-4,9-11,13H,5-8,12H2,1-2H3. The minimum absolute atomic E-state index is 0.0931. The summed E-state index contributed by atoms with van der Waals surface area (Å²) in [4.78, 5) is 61.4. The van der Waals surface area contributed by atoms with Crippen molar-refractivity contribution in [2.45, 2.75) is 72.8 Å². The number of amides is 2. The second kappa shape index (κ2) is 41.2. The monoisotopic (exact) mass is 1950 g/mol. The quantitative estimate of drug-likeness (QED) is 0.0687. The summed E-state index contributed by atoms with van der Waals surface area (Å²) in [5, 5.41) is 3.51. The number of fused-ring (bicyclic) bond motifs is 4. The van der Waals surface area contributed by atoms with Crippen LogP contribution in [0.5, 0.6) is 0 Å². The van der Waals surface area contributed by atoms with Crippen molar-refractivity contribution in [2.24, 2.45) is 0 Å². The Hall–Kier alpha value is -10.1. The van der Waals surface area contributed by atoms with Crippen LogP contribution in [0.2, 0.25) is 30.1 Å². The van der Waals surface area contributed by atoms with Crippen LogP contribution < -0.4 is 8.61 Å². The number of sulfonamides is 2. The maximum absolute atomic E-state index is 13.3. The molecule has 0 unspecified atom stereocenters. The number of nitrogens with zero attached hydrogens (tertiary/aromatic N) is 17. The van der Waals surface area contributed by atoms with Crippen molar-refractivity contribution >= 4 is 145 Å². The fourth-order valence-corrected chi connectivity index (χ4v) is 20.7. The molecule has 8 aromatic heterocycles. The number of piperazine rings is 2. The van der Waals surface area contributed by atoms with Gasteiger partial charge in [0.25, 0.3) is 5.91 Å². The molecule has 12 heterocycles. The van der Waals surface area contributed by atoms with Gasteiger partial charge in [0.1, 0.15) is 22.8 Å². The highest BCUT2D eigenvalue weighted by Gasteiger charge is 2.32. The molecule has 0 aliphatic carbocycles. The number of morpholine rings is 1. The third-order valence-corrected chi connectivity index (χ3v) is 29.4. The van der Waals surface area contributed by atoms with Gasteiger partial charge in [0.05, 0.1) is 116 Å². The maximum Gasteiger partial charge on any atom is 0.253 e. The summed E-state index contributed by atoms with van der Waals surface area (Å²) in [6.45, 7) is 21.6. The van der Waals surface area contributed by atoms with Gasteiger partial charge in [0, 0.05) is 197 Å². The fraction of sp³-hybridized carbons (Fsp3) is 0.316. The van der Waals surface area contributed by atoms with Crippen molar-refractivity contribution in [1.29, 1.82) is 0 Å². The molecule has 4 aliphatic heterocycles. The van der Waals surface area contributed by atoms with E-state index in [2.05, 4.69) is 77.8 Å². The molecule has 6 aromatic carbocycles. The van der Waals surface area contributed by atoms with Crippen LogP contribution in [0.4, 0.5) is 15.8 Å². The number of benzene rings is 6. The Morgan fingerprint density at radius 3 is 1.34 bits per heavy atom. The van der Waals surface area contributed by atoms with E-state index in [4.69, 9.17) is 94.3 Å². The smallest absolute Gasteiger partial charge is 0.253 e. The average Bonchev–Trinajstić information content (AvgIpc) is 1.63. The third kappa shape index (κ3) is 22.9. The molecule has 0 radical (unpaired) electrons. The van der Waals surface area contributed by atoms with E-state index in [0.717, 1.165) is 143 Å². The first-order valence-electron chi connectivity index (χ1n) is 42.9. The van der Waals surface area contributed by atoms with E-state index >= 15 is 0 Å². The van der Waals surface area contributed by atoms with Crippen LogP contribution in [0.15, 0.2) is 207 Å². The number of anilines is 2. The second-order valence-corrected chi connectivity index (χ2v) is 42.1. The lowest BCUT2D eigenvalue weighted by molar-refractivity contribution is -0.130. The van der Waals surface area contributed by atoms with Crippen LogP contribution in [0.25, 0.3) is 78.7 Å². The summed E-state index contributed by atoms with van der Waals surface area (Å²) in [5.41, 5.74) is 18.7. The molecule has 0 N–H and O–H groups in total.